The zero-order valence-corrected chi connectivity index (χ0v) is 16.7. The molecule has 2 aromatic carbocycles. The largest absolute Gasteiger partial charge is 0.284 e. The van der Waals surface area contributed by atoms with Crippen LogP contribution in [0.15, 0.2) is 81.9 Å². The van der Waals surface area contributed by atoms with Gasteiger partial charge in [-0.3, -0.25) is 4.57 Å². The third kappa shape index (κ3) is 3.75. The third-order valence-corrected chi connectivity index (χ3v) is 6.37. The summed E-state index contributed by atoms with van der Waals surface area (Å²) < 4.78 is 46.4. The second-order valence-electron chi connectivity index (χ2n) is 5.86. The Kier molecular flexibility index (Phi) is 5.33. The van der Waals surface area contributed by atoms with Crippen molar-refractivity contribution >= 4 is 32.9 Å². The van der Waals surface area contributed by atoms with Crippen molar-refractivity contribution in [2.45, 2.75) is 15.1 Å². The second kappa shape index (κ2) is 7.91. The van der Waals surface area contributed by atoms with Gasteiger partial charge in [-0.1, -0.05) is 18.2 Å². The van der Waals surface area contributed by atoms with Gasteiger partial charge in [-0.05, 0) is 42.5 Å². The van der Waals surface area contributed by atoms with E-state index < -0.39 is 15.7 Å². The van der Waals surface area contributed by atoms with Crippen LogP contribution in [0.4, 0.5) is 4.39 Å². The van der Waals surface area contributed by atoms with Crippen LogP contribution in [-0.2, 0) is 19.1 Å². The van der Waals surface area contributed by atoms with Gasteiger partial charge in [0.25, 0.3) is 0 Å². The molecular formula is C19H14FN3O4S2. The summed E-state index contributed by atoms with van der Waals surface area (Å²) >= 11 is 0.788. The van der Waals surface area contributed by atoms with E-state index in [2.05, 4.69) is 14.9 Å². The summed E-state index contributed by atoms with van der Waals surface area (Å²) in [6, 6.07) is 15.0. The number of hydrogen-bond donors (Lipinski definition) is 0. The Morgan fingerprint density at radius 3 is 2.48 bits per heavy atom. The number of aromatic nitrogens is 3. The standard InChI is InChI=1S/C19H14FN3O4S2/c1-26-27-28-19-21-12-13-11-17(29(24,25)16-5-3-2-4-6-16)23(18(13)22-19)15-9-7-14(20)8-10-15/h2-12H,1H3. The highest BCUT2D eigenvalue weighted by molar-refractivity contribution is 7.94. The maximum atomic E-state index is 13.5. The summed E-state index contributed by atoms with van der Waals surface area (Å²) in [5, 5.41) is 0.726. The molecule has 0 aliphatic heterocycles. The number of halogens is 1. The smallest absolute Gasteiger partial charge is 0.222 e. The molecule has 29 heavy (non-hydrogen) atoms. The highest BCUT2D eigenvalue weighted by Gasteiger charge is 2.26. The van der Waals surface area contributed by atoms with E-state index in [-0.39, 0.29) is 15.1 Å². The maximum Gasteiger partial charge on any atom is 0.222 e. The number of sulfone groups is 1. The predicted octanol–water partition coefficient (Wildman–Crippen LogP) is 3.98. The van der Waals surface area contributed by atoms with Crippen molar-refractivity contribution in [1.82, 2.24) is 14.5 Å². The van der Waals surface area contributed by atoms with Gasteiger partial charge in [0, 0.05) is 17.3 Å². The lowest BCUT2D eigenvalue weighted by Crippen LogP contribution is -2.09. The van der Waals surface area contributed by atoms with Gasteiger partial charge in [-0.15, -0.1) is 0 Å². The molecule has 148 valence electrons. The van der Waals surface area contributed by atoms with Crippen LogP contribution in [0.5, 0.6) is 0 Å². The fourth-order valence-corrected chi connectivity index (χ4v) is 4.63. The predicted molar refractivity (Wildman–Crippen MR) is 105 cm³/mol. The quantitative estimate of drug-likeness (QED) is 0.198. The second-order valence-corrected chi connectivity index (χ2v) is 8.42. The molecule has 0 atom stereocenters. The van der Waals surface area contributed by atoms with Gasteiger partial charge in [0.2, 0.25) is 15.0 Å². The number of fused-ring (bicyclic) bond motifs is 1. The molecule has 0 amide bonds. The Hall–Kier alpha value is -2.79. The van der Waals surface area contributed by atoms with Crippen molar-refractivity contribution in [2.75, 3.05) is 7.11 Å². The van der Waals surface area contributed by atoms with E-state index in [1.807, 2.05) is 0 Å². The highest BCUT2D eigenvalue weighted by Crippen LogP contribution is 2.31. The van der Waals surface area contributed by atoms with Crippen LogP contribution in [0.3, 0.4) is 0 Å². The third-order valence-electron chi connectivity index (χ3n) is 4.08. The Morgan fingerprint density at radius 2 is 1.79 bits per heavy atom. The Balaban J connectivity index is 1.98. The molecule has 2 heterocycles. The van der Waals surface area contributed by atoms with Crippen LogP contribution < -0.4 is 0 Å². The summed E-state index contributed by atoms with van der Waals surface area (Å²) in [6.07, 6.45) is 1.49. The average molecular weight is 431 g/mol. The molecule has 0 saturated heterocycles. The van der Waals surface area contributed by atoms with Crippen LogP contribution >= 0.6 is 12.0 Å². The van der Waals surface area contributed by atoms with Crippen molar-refractivity contribution < 1.29 is 22.0 Å². The zero-order valence-electron chi connectivity index (χ0n) is 15.0. The fourth-order valence-electron chi connectivity index (χ4n) is 2.81. The lowest BCUT2D eigenvalue weighted by Gasteiger charge is -2.11. The van der Waals surface area contributed by atoms with Crippen molar-refractivity contribution in [2.24, 2.45) is 0 Å². The average Bonchev–Trinajstić information content (AvgIpc) is 3.13. The molecule has 4 aromatic rings. The van der Waals surface area contributed by atoms with Crippen LogP contribution in [0.25, 0.3) is 16.7 Å². The van der Waals surface area contributed by atoms with Crippen LogP contribution in [0.1, 0.15) is 0 Å². The highest BCUT2D eigenvalue weighted by atomic mass is 32.2. The van der Waals surface area contributed by atoms with Gasteiger partial charge in [0.05, 0.1) is 12.0 Å². The van der Waals surface area contributed by atoms with Crippen LogP contribution in [-0.4, -0.2) is 30.1 Å². The van der Waals surface area contributed by atoms with E-state index in [1.165, 1.54) is 60.3 Å². The molecule has 0 bridgehead atoms. The van der Waals surface area contributed by atoms with Crippen molar-refractivity contribution in [3.63, 3.8) is 0 Å². The minimum Gasteiger partial charge on any atom is -0.284 e. The summed E-state index contributed by atoms with van der Waals surface area (Å²) in [7, 11) is -2.54. The zero-order chi connectivity index (χ0) is 20.4. The molecule has 10 heteroatoms. The topological polar surface area (TPSA) is 83.3 Å². The number of nitrogens with zero attached hydrogens (tertiary/aromatic N) is 3. The first kappa shape index (κ1) is 19.5. The first-order valence-corrected chi connectivity index (χ1v) is 10.5. The molecule has 7 nitrogen and oxygen atoms in total. The minimum absolute atomic E-state index is 0.00517. The molecule has 0 fully saturated rings. The van der Waals surface area contributed by atoms with Gasteiger partial charge in [0.1, 0.15) is 28.5 Å². The molecular weight excluding hydrogens is 417 g/mol. The molecule has 0 radical (unpaired) electrons. The molecule has 2 aromatic heterocycles. The van der Waals surface area contributed by atoms with E-state index in [0.717, 1.165) is 12.0 Å². The Morgan fingerprint density at radius 1 is 1.07 bits per heavy atom. The number of rotatable bonds is 6. The SMILES string of the molecule is COOSc1ncc2cc(S(=O)(=O)c3ccccc3)n(-c3ccc(F)cc3)c2n1. The summed E-state index contributed by atoms with van der Waals surface area (Å²) in [6.45, 7) is 0. The van der Waals surface area contributed by atoms with E-state index in [0.29, 0.717) is 16.7 Å². The van der Waals surface area contributed by atoms with E-state index in [4.69, 9.17) is 4.33 Å². The first-order valence-electron chi connectivity index (χ1n) is 8.32. The van der Waals surface area contributed by atoms with Gasteiger partial charge in [-0.2, -0.15) is 4.33 Å². The van der Waals surface area contributed by atoms with Gasteiger partial charge in [-0.25, -0.2) is 27.7 Å². The minimum atomic E-state index is -3.88. The fraction of sp³-hybridized carbons (Fsp3) is 0.0526. The maximum absolute atomic E-state index is 13.5. The van der Waals surface area contributed by atoms with E-state index in [1.54, 1.807) is 18.2 Å². The summed E-state index contributed by atoms with van der Waals surface area (Å²) in [4.78, 5) is 13.2. The summed E-state index contributed by atoms with van der Waals surface area (Å²) in [5.41, 5.74) is 0.779. The molecule has 0 spiro atoms. The molecule has 0 saturated carbocycles. The van der Waals surface area contributed by atoms with Crippen LogP contribution in [0, 0.1) is 5.82 Å². The molecule has 4 rings (SSSR count). The summed E-state index contributed by atoms with van der Waals surface area (Å²) in [5.74, 6) is -0.433. The lowest BCUT2D eigenvalue weighted by molar-refractivity contribution is -0.160. The molecule has 0 N–H and O–H groups in total. The van der Waals surface area contributed by atoms with E-state index >= 15 is 0 Å². The van der Waals surface area contributed by atoms with Gasteiger partial charge >= 0.3 is 0 Å². The normalized spacial score (nSPS) is 11.8. The number of hydrogen-bond acceptors (Lipinski definition) is 7. The molecule has 0 aliphatic carbocycles. The monoisotopic (exact) mass is 431 g/mol. The van der Waals surface area contributed by atoms with Crippen molar-refractivity contribution in [3.8, 4) is 5.69 Å². The lowest BCUT2D eigenvalue weighted by atomic mass is 10.3. The van der Waals surface area contributed by atoms with Crippen molar-refractivity contribution in [3.05, 3.63) is 72.7 Å². The number of benzene rings is 2. The Bertz CT molecular complexity index is 1260. The Labute approximate surface area is 170 Å². The molecule has 0 unspecified atom stereocenters. The van der Waals surface area contributed by atoms with Crippen LogP contribution in [0.2, 0.25) is 0 Å². The van der Waals surface area contributed by atoms with Gasteiger partial charge < -0.3 is 0 Å². The molecule has 0 aliphatic rings. The van der Waals surface area contributed by atoms with Crippen molar-refractivity contribution in [1.29, 1.82) is 0 Å². The first-order chi connectivity index (χ1) is 14.0. The van der Waals surface area contributed by atoms with E-state index in [9.17, 15) is 12.8 Å². The van der Waals surface area contributed by atoms with Gasteiger partial charge in [0.15, 0.2) is 0 Å².